The number of nitrogens with zero attached hydrogens (tertiary/aromatic N) is 1. The maximum Gasteiger partial charge on any atom is 0.308 e. The number of ether oxygens (including phenoxy) is 1. The second-order valence-electron chi connectivity index (χ2n) is 5.38. The normalized spacial score (nSPS) is 36.0. The first-order valence-electron chi connectivity index (χ1n) is 6.67. The van der Waals surface area contributed by atoms with Crippen LogP contribution in [0.5, 0.6) is 0 Å². The lowest BCUT2D eigenvalue weighted by Crippen LogP contribution is -2.38. The molecule has 1 amide bonds. The third-order valence-corrected chi connectivity index (χ3v) is 4.17. The lowest BCUT2D eigenvalue weighted by Gasteiger charge is -2.23. The summed E-state index contributed by atoms with van der Waals surface area (Å²) in [6.45, 7) is 5.46. The number of carboxylic acid groups (broad SMARTS) is 1. The number of rotatable bonds is 3. The van der Waals surface area contributed by atoms with Gasteiger partial charge in [0.15, 0.2) is 0 Å². The SMILES string of the molecule is CCC1OCCC1C(=O)N1CC(C)C(C(=O)O)C1. The van der Waals surface area contributed by atoms with Crippen LogP contribution < -0.4 is 0 Å². The minimum Gasteiger partial charge on any atom is -0.481 e. The van der Waals surface area contributed by atoms with Gasteiger partial charge in [-0.05, 0) is 18.8 Å². The Bertz CT molecular complexity index is 344. The van der Waals surface area contributed by atoms with Crippen LogP contribution in [0.2, 0.25) is 0 Å². The van der Waals surface area contributed by atoms with Crippen molar-refractivity contribution in [3.8, 4) is 0 Å². The highest BCUT2D eigenvalue weighted by Gasteiger charge is 2.42. The zero-order chi connectivity index (χ0) is 13.3. The fourth-order valence-corrected chi connectivity index (χ4v) is 3.04. The number of amides is 1. The van der Waals surface area contributed by atoms with Crippen LogP contribution in [0.15, 0.2) is 0 Å². The molecule has 4 unspecified atom stereocenters. The van der Waals surface area contributed by atoms with Crippen LogP contribution in [-0.2, 0) is 14.3 Å². The van der Waals surface area contributed by atoms with Gasteiger partial charge in [-0.15, -0.1) is 0 Å². The number of carbonyl (C=O) groups excluding carboxylic acids is 1. The quantitative estimate of drug-likeness (QED) is 0.816. The first-order chi connectivity index (χ1) is 8.54. The molecule has 2 aliphatic heterocycles. The average Bonchev–Trinajstić information content (AvgIpc) is 2.93. The van der Waals surface area contributed by atoms with Crippen molar-refractivity contribution >= 4 is 11.9 Å². The van der Waals surface area contributed by atoms with Gasteiger partial charge in [-0.25, -0.2) is 0 Å². The topological polar surface area (TPSA) is 66.8 Å². The molecule has 0 spiro atoms. The summed E-state index contributed by atoms with van der Waals surface area (Å²) >= 11 is 0. The lowest BCUT2D eigenvalue weighted by atomic mass is 9.98. The van der Waals surface area contributed by atoms with E-state index in [2.05, 4.69) is 0 Å². The summed E-state index contributed by atoms with van der Waals surface area (Å²) in [6.07, 6.45) is 1.61. The first kappa shape index (κ1) is 13.3. The maximum atomic E-state index is 12.4. The van der Waals surface area contributed by atoms with Crippen molar-refractivity contribution in [2.24, 2.45) is 17.8 Å². The summed E-state index contributed by atoms with van der Waals surface area (Å²) < 4.78 is 5.53. The smallest absolute Gasteiger partial charge is 0.308 e. The predicted octanol–water partition coefficient (Wildman–Crippen LogP) is 0.981. The maximum absolute atomic E-state index is 12.4. The Morgan fingerprint density at radius 1 is 1.33 bits per heavy atom. The molecule has 1 N–H and O–H groups in total. The van der Waals surface area contributed by atoms with E-state index < -0.39 is 11.9 Å². The summed E-state index contributed by atoms with van der Waals surface area (Å²) in [6, 6.07) is 0. The monoisotopic (exact) mass is 255 g/mol. The zero-order valence-electron chi connectivity index (χ0n) is 11.0. The highest BCUT2D eigenvalue weighted by Crippen LogP contribution is 2.30. The molecule has 0 aromatic carbocycles. The van der Waals surface area contributed by atoms with Gasteiger partial charge in [-0.3, -0.25) is 9.59 Å². The van der Waals surface area contributed by atoms with Gasteiger partial charge in [0, 0.05) is 19.7 Å². The summed E-state index contributed by atoms with van der Waals surface area (Å²) in [5.74, 6) is -1.18. The van der Waals surface area contributed by atoms with Crippen molar-refractivity contribution in [1.29, 1.82) is 0 Å². The van der Waals surface area contributed by atoms with E-state index in [1.165, 1.54) is 0 Å². The molecule has 0 saturated carbocycles. The van der Waals surface area contributed by atoms with E-state index >= 15 is 0 Å². The number of carboxylic acids is 1. The molecule has 2 saturated heterocycles. The molecule has 2 fully saturated rings. The second-order valence-corrected chi connectivity index (χ2v) is 5.38. The molecule has 0 aliphatic carbocycles. The molecule has 4 atom stereocenters. The van der Waals surface area contributed by atoms with Crippen LogP contribution in [0, 0.1) is 17.8 Å². The fraction of sp³-hybridized carbons (Fsp3) is 0.846. The summed E-state index contributed by atoms with van der Waals surface area (Å²) in [5.41, 5.74) is 0. The Morgan fingerprint density at radius 2 is 2.06 bits per heavy atom. The van der Waals surface area contributed by atoms with Crippen molar-refractivity contribution < 1.29 is 19.4 Å². The number of hydrogen-bond acceptors (Lipinski definition) is 3. The van der Waals surface area contributed by atoms with E-state index in [1.807, 2.05) is 13.8 Å². The number of hydrogen-bond donors (Lipinski definition) is 1. The molecule has 5 heteroatoms. The number of carbonyl (C=O) groups is 2. The standard InChI is InChI=1S/C13H21NO4/c1-3-11-9(4-5-18-11)12(15)14-6-8(2)10(7-14)13(16)17/h8-11H,3-7H2,1-2H3,(H,16,17). The molecular formula is C13H21NO4. The van der Waals surface area contributed by atoms with Crippen molar-refractivity contribution in [3.63, 3.8) is 0 Å². The summed E-state index contributed by atoms with van der Waals surface area (Å²) in [7, 11) is 0. The van der Waals surface area contributed by atoms with Gasteiger partial charge in [0.1, 0.15) is 0 Å². The summed E-state index contributed by atoms with van der Waals surface area (Å²) in [4.78, 5) is 25.2. The molecule has 18 heavy (non-hydrogen) atoms. The van der Waals surface area contributed by atoms with Gasteiger partial charge in [0.25, 0.3) is 0 Å². The van der Waals surface area contributed by atoms with E-state index in [9.17, 15) is 9.59 Å². The van der Waals surface area contributed by atoms with Crippen LogP contribution in [-0.4, -0.2) is 47.7 Å². The van der Waals surface area contributed by atoms with E-state index in [0.29, 0.717) is 19.7 Å². The zero-order valence-corrected chi connectivity index (χ0v) is 11.0. The number of aliphatic carboxylic acids is 1. The van der Waals surface area contributed by atoms with Gasteiger partial charge in [0.2, 0.25) is 5.91 Å². The van der Waals surface area contributed by atoms with Gasteiger partial charge in [-0.2, -0.15) is 0 Å². The fourth-order valence-electron chi connectivity index (χ4n) is 3.04. The van der Waals surface area contributed by atoms with Crippen molar-refractivity contribution in [2.45, 2.75) is 32.8 Å². The van der Waals surface area contributed by atoms with E-state index in [-0.39, 0.29) is 23.8 Å². The van der Waals surface area contributed by atoms with Crippen molar-refractivity contribution in [1.82, 2.24) is 4.90 Å². The molecule has 0 aromatic heterocycles. The second kappa shape index (κ2) is 5.26. The minimum atomic E-state index is -0.799. The number of likely N-dealkylation sites (tertiary alicyclic amines) is 1. The van der Waals surface area contributed by atoms with Crippen LogP contribution in [0.1, 0.15) is 26.7 Å². The molecule has 0 bridgehead atoms. The first-order valence-corrected chi connectivity index (χ1v) is 6.67. The van der Waals surface area contributed by atoms with Crippen LogP contribution in [0.3, 0.4) is 0 Å². The van der Waals surface area contributed by atoms with Crippen LogP contribution >= 0.6 is 0 Å². The van der Waals surface area contributed by atoms with Crippen molar-refractivity contribution in [2.75, 3.05) is 19.7 Å². The molecule has 0 radical (unpaired) electrons. The Labute approximate surface area is 107 Å². The average molecular weight is 255 g/mol. The van der Waals surface area contributed by atoms with Crippen LogP contribution in [0.4, 0.5) is 0 Å². The van der Waals surface area contributed by atoms with Gasteiger partial charge < -0.3 is 14.7 Å². The summed E-state index contributed by atoms with van der Waals surface area (Å²) in [5, 5.41) is 9.08. The molecule has 2 heterocycles. The third kappa shape index (κ3) is 2.36. The highest BCUT2D eigenvalue weighted by atomic mass is 16.5. The highest BCUT2D eigenvalue weighted by molar-refractivity contribution is 5.81. The molecule has 0 aromatic rings. The Morgan fingerprint density at radius 3 is 2.61 bits per heavy atom. The Kier molecular flexibility index (Phi) is 3.90. The van der Waals surface area contributed by atoms with Gasteiger partial charge in [-0.1, -0.05) is 13.8 Å². The molecule has 2 rings (SSSR count). The van der Waals surface area contributed by atoms with Gasteiger partial charge in [0.05, 0.1) is 17.9 Å². The predicted molar refractivity (Wildman–Crippen MR) is 65.0 cm³/mol. The van der Waals surface area contributed by atoms with Gasteiger partial charge >= 0.3 is 5.97 Å². The molecule has 102 valence electrons. The van der Waals surface area contributed by atoms with Crippen molar-refractivity contribution in [3.05, 3.63) is 0 Å². The molecule has 5 nitrogen and oxygen atoms in total. The molecule has 2 aliphatic rings. The van der Waals surface area contributed by atoms with E-state index in [0.717, 1.165) is 12.8 Å². The third-order valence-electron chi connectivity index (χ3n) is 4.17. The largest absolute Gasteiger partial charge is 0.481 e. The van der Waals surface area contributed by atoms with E-state index in [1.54, 1.807) is 4.90 Å². The molecular weight excluding hydrogens is 234 g/mol. The minimum absolute atomic E-state index is 0.0108. The van der Waals surface area contributed by atoms with Crippen LogP contribution in [0.25, 0.3) is 0 Å². The lowest BCUT2D eigenvalue weighted by molar-refractivity contribution is -0.142. The van der Waals surface area contributed by atoms with E-state index in [4.69, 9.17) is 9.84 Å². The Hall–Kier alpha value is -1.10. The Balaban J connectivity index is 2.00.